The van der Waals surface area contributed by atoms with Gasteiger partial charge in [-0.25, -0.2) is 0 Å². The van der Waals surface area contributed by atoms with Gasteiger partial charge in [-0.3, -0.25) is 0 Å². The first-order valence-electron chi connectivity index (χ1n) is 2.42. The van der Waals surface area contributed by atoms with Crippen LogP contribution in [0.2, 0.25) is 0 Å². The van der Waals surface area contributed by atoms with E-state index < -0.39 is 0 Å². The molecule has 38 valence electrons. The Kier molecular flexibility index (Phi) is 1.80. The van der Waals surface area contributed by atoms with Crippen LogP contribution >= 0.6 is 11.8 Å². The number of allylic oxidation sites excluding steroid dienone is 1. The van der Waals surface area contributed by atoms with Gasteiger partial charge in [0, 0.05) is 5.75 Å². The molecule has 0 saturated heterocycles. The Balaban J connectivity index is 2.40. The molecule has 1 heteroatoms. The first-order valence-corrected chi connectivity index (χ1v) is 3.57. The highest BCUT2D eigenvalue weighted by Crippen LogP contribution is 2.14. The number of hydrogen-bond acceptors (Lipinski definition) is 1. The fourth-order valence-electron chi connectivity index (χ4n) is 0.541. The normalized spacial score (nSPS) is 21.6. The highest BCUT2D eigenvalue weighted by molar-refractivity contribution is 7.99. The van der Waals surface area contributed by atoms with Crippen molar-refractivity contribution >= 4 is 11.8 Å². The van der Waals surface area contributed by atoms with Crippen LogP contribution < -0.4 is 0 Å². The lowest BCUT2D eigenvalue weighted by Gasteiger charge is -2.05. The summed E-state index contributed by atoms with van der Waals surface area (Å²) in [5, 5.41) is 0. The molecule has 0 unspecified atom stereocenters. The lowest BCUT2D eigenvalue weighted by atomic mass is 10.2. The molecule has 0 fully saturated rings. The predicted molar refractivity (Wildman–Crippen MR) is 34.3 cm³/mol. The van der Waals surface area contributed by atoms with Crippen molar-refractivity contribution < 1.29 is 0 Å². The minimum Gasteiger partial charge on any atom is -0.158 e. The summed E-state index contributed by atoms with van der Waals surface area (Å²) < 4.78 is 0. The number of rotatable bonds is 0. The van der Waals surface area contributed by atoms with E-state index in [4.69, 9.17) is 6.92 Å². The molecule has 1 heterocycles. The van der Waals surface area contributed by atoms with Gasteiger partial charge in [0.1, 0.15) is 0 Å². The first kappa shape index (κ1) is 5.23. The summed E-state index contributed by atoms with van der Waals surface area (Å²) in [6, 6.07) is 0. The zero-order valence-corrected chi connectivity index (χ0v) is 5.00. The Hall–Kier alpha value is 0.0900. The van der Waals surface area contributed by atoms with Gasteiger partial charge in [-0.15, -0.1) is 0 Å². The van der Waals surface area contributed by atoms with Gasteiger partial charge < -0.3 is 0 Å². The second-order valence-electron chi connectivity index (χ2n) is 1.60. The number of thioether (sulfide) groups is 1. The van der Waals surface area contributed by atoms with E-state index >= 15 is 0 Å². The maximum atomic E-state index is 5.48. The summed E-state index contributed by atoms with van der Waals surface area (Å²) in [6.07, 6.45) is 3.18. The van der Waals surface area contributed by atoms with Gasteiger partial charge in [0.25, 0.3) is 0 Å². The van der Waals surface area contributed by atoms with Crippen molar-refractivity contribution in [3.8, 4) is 0 Å². The Bertz CT molecular complexity index is 84.2. The highest BCUT2D eigenvalue weighted by Gasteiger charge is 1.95. The summed E-state index contributed by atoms with van der Waals surface area (Å²) in [7, 11) is 0. The second-order valence-corrected chi connectivity index (χ2v) is 2.75. The quantitative estimate of drug-likeness (QED) is 0.460. The third-order valence-corrected chi connectivity index (χ3v) is 1.89. The van der Waals surface area contributed by atoms with Gasteiger partial charge >= 0.3 is 0 Å². The van der Waals surface area contributed by atoms with Gasteiger partial charge in [-0.2, -0.15) is 11.8 Å². The minimum atomic E-state index is 1.07. The average Bonchev–Trinajstić information content (AvgIpc) is 1.69. The van der Waals surface area contributed by atoms with E-state index in [-0.39, 0.29) is 0 Å². The van der Waals surface area contributed by atoms with Gasteiger partial charge in [0.05, 0.1) is 0 Å². The van der Waals surface area contributed by atoms with Crippen molar-refractivity contribution in [2.24, 2.45) is 0 Å². The summed E-state index contributed by atoms with van der Waals surface area (Å²) >= 11 is 1.94. The van der Waals surface area contributed by atoms with Crippen molar-refractivity contribution in [2.75, 3.05) is 11.5 Å². The molecule has 0 atom stereocenters. The van der Waals surface area contributed by atoms with Crippen LogP contribution in [0.5, 0.6) is 0 Å². The molecule has 1 rings (SSSR count). The summed E-state index contributed by atoms with van der Waals surface area (Å²) in [5.41, 5.74) is 1.07. The second kappa shape index (κ2) is 2.41. The van der Waals surface area contributed by atoms with Crippen molar-refractivity contribution in [3.05, 3.63) is 18.6 Å². The maximum absolute atomic E-state index is 5.48. The topological polar surface area (TPSA) is 0 Å². The Morgan fingerprint density at radius 2 is 2.57 bits per heavy atom. The Morgan fingerprint density at radius 1 is 1.71 bits per heavy atom. The first-order chi connectivity index (χ1) is 3.39. The Labute approximate surface area is 49.0 Å². The molecule has 0 N–H and O–H groups in total. The molecule has 0 aromatic rings. The number of hydrogen-bond donors (Lipinski definition) is 0. The van der Waals surface area contributed by atoms with Crippen LogP contribution in [0, 0.1) is 6.92 Å². The van der Waals surface area contributed by atoms with Crippen LogP contribution in [0.4, 0.5) is 0 Å². The van der Waals surface area contributed by atoms with E-state index in [0.29, 0.717) is 0 Å². The van der Waals surface area contributed by atoms with Crippen molar-refractivity contribution in [1.29, 1.82) is 0 Å². The van der Waals surface area contributed by atoms with Gasteiger partial charge in [-0.1, -0.05) is 11.6 Å². The van der Waals surface area contributed by atoms with Crippen molar-refractivity contribution in [2.45, 2.75) is 6.42 Å². The molecular formula is C6H8S. The SMILES string of the molecule is [CH]C1=CCSCC1. The molecule has 7 heavy (non-hydrogen) atoms. The van der Waals surface area contributed by atoms with Crippen LogP contribution in [0.15, 0.2) is 11.6 Å². The standard InChI is InChI=1S/C6H8S/c1-6-2-4-7-5-3-6/h1-2H,3-5H2. The maximum Gasteiger partial charge on any atom is 0.0116 e. The third kappa shape index (κ3) is 1.56. The van der Waals surface area contributed by atoms with Crippen LogP contribution in [0.1, 0.15) is 6.42 Å². The zero-order chi connectivity index (χ0) is 5.11. The molecule has 0 aromatic carbocycles. The van der Waals surface area contributed by atoms with E-state index in [1.807, 2.05) is 11.8 Å². The molecule has 1 aliphatic rings. The molecule has 0 aliphatic carbocycles. The van der Waals surface area contributed by atoms with E-state index in [1.165, 1.54) is 5.75 Å². The lowest BCUT2D eigenvalue weighted by Crippen LogP contribution is -1.90. The fourth-order valence-corrected chi connectivity index (χ4v) is 1.42. The largest absolute Gasteiger partial charge is 0.158 e. The van der Waals surface area contributed by atoms with Gasteiger partial charge in [0.2, 0.25) is 0 Å². The molecule has 0 spiro atoms. The van der Waals surface area contributed by atoms with Crippen LogP contribution in [0.3, 0.4) is 0 Å². The third-order valence-electron chi connectivity index (χ3n) is 0.998. The van der Waals surface area contributed by atoms with E-state index in [0.717, 1.165) is 17.7 Å². The van der Waals surface area contributed by atoms with Gasteiger partial charge in [0.15, 0.2) is 0 Å². The minimum absolute atomic E-state index is 1.07. The summed E-state index contributed by atoms with van der Waals surface area (Å²) in [4.78, 5) is 0. The van der Waals surface area contributed by atoms with Crippen molar-refractivity contribution in [1.82, 2.24) is 0 Å². The molecule has 0 saturated carbocycles. The molecule has 1 aliphatic heterocycles. The van der Waals surface area contributed by atoms with E-state index in [9.17, 15) is 0 Å². The van der Waals surface area contributed by atoms with Crippen LogP contribution in [-0.2, 0) is 0 Å². The van der Waals surface area contributed by atoms with Crippen molar-refractivity contribution in [3.63, 3.8) is 0 Å². The lowest BCUT2D eigenvalue weighted by molar-refractivity contribution is 1.14. The fraction of sp³-hybridized carbons (Fsp3) is 0.500. The summed E-state index contributed by atoms with van der Waals surface area (Å²) in [6.45, 7) is 5.48. The highest BCUT2D eigenvalue weighted by atomic mass is 32.2. The van der Waals surface area contributed by atoms with Gasteiger partial charge in [-0.05, 0) is 19.1 Å². The predicted octanol–water partition coefficient (Wildman–Crippen LogP) is 1.76. The Morgan fingerprint density at radius 3 is 2.86 bits per heavy atom. The van der Waals surface area contributed by atoms with Crippen LogP contribution in [-0.4, -0.2) is 11.5 Å². The molecule has 0 aromatic heterocycles. The summed E-state index contributed by atoms with van der Waals surface area (Å²) in [5.74, 6) is 2.33. The van der Waals surface area contributed by atoms with E-state index in [1.54, 1.807) is 0 Å². The molecule has 0 bridgehead atoms. The van der Waals surface area contributed by atoms with E-state index in [2.05, 4.69) is 6.08 Å². The molecule has 0 amide bonds. The molecular weight excluding hydrogens is 104 g/mol. The monoisotopic (exact) mass is 112 g/mol. The zero-order valence-electron chi connectivity index (χ0n) is 4.18. The molecule has 0 nitrogen and oxygen atoms in total. The van der Waals surface area contributed by atoms with Crippen LogP contribution in [0.25, 0.3) is 0 Å². The average molecular weight is 112 g/mol. The molecule has 2 radical (unpaired) electrons. The smallest absolute Gasteiger partial charge is 0.0116 e.